The van der Waals surface area contributed by atoms with Crippen molar-refractivity contribution in [2.24, 2.45) is 0 Å². The Bertz CT molecular complexity index is 664. The van der Waals surface area contributed by atoms with Gasteiger partial charge in [0.15, 0.2) is 0 Å². The van der Waals surface area contributed by atoms with Gasteiger partial charge in [-0.3, -0.25) is 0 Å². The van der Waals surface area contributed by atoms with Crippen LogP contribution in [0.5, 0.6) is 0 Å². The summed E-state index contributed by atoms with van der Waals surface area (Å²) in [5, 5.41) is 18.8. The van der Waals surface area contributed by atoms with Gasteiger partial charge in [0.2, 0.25) is 0 Å². The molecule has 0 aliphatic heterocycles. The second-order valence-corrected chi connectivity index (χ2v) is 34.7. The number of carboxylic acids is 2. The van der Waals surface area contributed by atoms with Crippen LogP contribution < -0.4 is 10.2 Å². The molecule has 0 rings (SSSR count). The van der Waals surface area contributed by atoms with Gasteiger partial charge in [0.25, 0.3) is 0 Å². The summed E-state index contributed by atoms with van der Waals surface area (Å²) in [4.78, 5) is 18.8. The first kappa shape index (κ1) is 62.6. The Morgan fingerprint density at radius 2 is 0.414 bits per heavy atom. The number of hydrogen-bond acceptors (Lipinski definition) is 4. The van der Waals surface area contributed by atoms with Crippen LogP contribution in [0.3, 0.4) is 0 Å². The van der Waals surface area contributed by atoms with Crippen molar-refractivity contribution >= 4 is 51.5 Å². The van der Waals surface area contributed by atoms with Crippen LogP contribution in [0.1, 0.15) is 273 Å². The minimum absolute atomic E-state index is 0.384. The number of carbonyl (C=O) groups is 2. The third-order valence-corrected chi connectivity index (χ3v) is 29.8. The quantitative estimate of drug-likeness (QED) is 0.0346. The predicted molar refractivity (Wildman–Crippen MR) is 260 cm³/mol. The SMILES string of the molecule is CCCCCCC[CH2][Sn+]([CH2]CCCCCCC)[CH2]CCCCCCC.CCCCCCC[CH2][Sn+]([CH2]CCCCCCC)[CH2]CCCCCCC.O=C([O-])/C=C\C(=O)[O-]. The molecule has 0 heterocycles. The molecule has 0 aromatic heterocycles. The smallest absolute Gasteiger partial charge is 0.0643 e. The van der Waals surface area contributed by atoms with Gasteiger partial charge in [0, 0.05) is 0 Å². The molecule has 0 amide bonds. The average molecular weight is 1030 g/mol. The van der Waals surface area contributed by atoms with E-state index < -0.39 is 51.5 Å². The van der Waals surface area contributed by atoms with Gasteiger partial charge >= 0.3 is 339 Å². The molecule has 0 saturated heterocycles. The van der Waals surface area contributed by atoms with Crippen molar-refractivity contribution in [3.8, 4) is 0 Å². The maximum atomic E-state index is 9.41. The third-order valence-electron chi connectivity index (χ3n) is 11.7. The Morgan fingerprint density at radius 3 is 0.552 bits per heavy atom. The first-order chi connectivity index (χ1) is 28.3. The number of carboxylic acid groups (broad SMARTS) is 2. The molecule has 0 fully saturated rings. The average Bonchev–Trinajstić information content (AvgIpc) is 3.21. The molecular weight excluding hydrogens is 926 g/mol. The van der Waals surface area contributed by atoms with Crippen LogP contribution in [-0.4, -0.2) is 51.5 Å². The summed E-state index contributed by atoms with van der Waals surface area (Å²) in [5.41, 5.74) is 0. The minimum atomic E-state index is -1.55. The van der Waals surface area contributed by atoms with Crippen LogP contribution in [0.15, 0.2) is 12.2 Å². The van der Waals surface area contributed by atoms with E-state index in [4.69, 9.17) is 0 Å². The molecule has 0 N–H and O–H groups in total. The van der Waals surface area contributed by atoms with Crippen molar-refractivity contribution in [2.45, 2.75) is 299 Å². The third kappa shape index (κ3) is 60.6. The van der Waals surface area contributed by atoms with Gasteiger partial charge < -0.3 is 19.8 Å². The molecule has 0 spiro atoms. The Labute approximate surface area is 380 Å². The van der Waals surface area contributed by atoms with E-state index in [1.165, 1.54) is 193 Å². The summed E-state index contributed by atoms with van der Waals surface area (Å²) < 4.78 is 10.3. The molecule has 0 aliphatic rings. The molecule has 0 aromatic rings. The van der Waals surface area contributed by atoms with E-state index in [9.17, 15) is 19.8 Å². The number of carbonyl (C=O) groups excluding carboxylic acids is 2. The van der Waals surface area contributed by atoms with Crippen LogP contribution in [0, 0.1) is 0 Å². The van der Waals surface area contributed by atoms with E-state index in [1.54, 1.807) is 65.1 Å². The zero-order valence-electron chi connectivity index (χ0n) is 40.5. The van der Waals surface area contributed by atoms with E-state index in [-0.39, 0.29) is 0 Å². The monoisotopic (exact) mass is 1030 g/mol. The van der Waals surface area contributed by atoms with Crippen LogP contribution in [0.2, 0.25) is 26.6 Å². The molecule has 0 unspecified atom stereocenters. The Morgan fingerprint density at radius 1 is 0.276 bits per heavy atom. The van der Waals surface area contributed by atoms with Gasteiger partial charge in [-0.25, -0.2) is 0 Å². The molecule has 344 valence electrons. The summed E-state index contributed by atoms with van der Waals surface area (Å²) in [6, 6.07) is 0. The summed E-state index contributed by atoms with van der Waals surface area (Å²) in [5.74, 6) is -3.09. The minimum Gasteiger partial charge on any atom is -0.545 e. The van der Waals surface area contributed by atoms with E-state index in [1.807, 2.05) is 0 Å². The van der Waals surface area contributed by atoms with Crippen molar-refractivity contribution in [1.29, 1.82) is 0 Å². The van der Waals surface area contributed by atoms with Gasteiger partial charge in [-0.1, -0.05) is 0 Å². The second-order valence-electron chi connectivity index (χ2n) is 17.6. The zero-order valence-corrected chi connectivity index (χ0v) is 46.2. The fraction of sp³-hybridized carbons (Fsp3) is 0.923. The largest absolute Gasteiger partial charge is 0.545 e. The van der Waals surface area contributed by atoms with Crippen LogP contribution in [-0.2, 0) is 9.59 Å². The molecule has 4 nitrogen and oxygen atoms in total. The number of rotatable bonds is 44. The summed E-state index contributed by atoms with van der Waals surface area (Å²) in [6.07, 6.45) is 54.6. The standard InChI is InChI=1S/6C8H17.C4H4O4.2Sn/c6*1-3-5-7-8-6-4-2;5-3(6)1-2-4(7)8;;/h6*1,3-8H2,2H3;1-2H,(H,5,6)(H,7,8);;/q;;;;;;;2*+1/p-2/b;;;;;;2-1-;;. The van der Waals surface area contributed by atoms with Crippen LogP contribution in [0.4, 0.5) is 0 Å². The number of aliphatic carboxylic acids is 2. The molecule has 0 saturated carbocycles. The molecule has 58 heavy (non-hydrogen) atoms. The van der Waals surface area contributed by atoms with Gasteiger partial charge in [-0.05, 0) is 12.2 Å². The van der Waals surface area contributed by atoms with E-state index in [2.05, 4.69) is 41.5 Å². The van der Waals surface area contributed by atoms with Crippen molar-refractivity contribution in [1.82, 2.24) is 0 Å². The molecule has 0 aliphatic carbocycles. The van der Waals surface area contributed by atoms with Gasteiger partial charge in [0.1, 0.15) is 0 Å². The Kier molecular flexibility index (Phi) is 61.8. The second kappa shape index (κ2) is 57.3. The van der Waals surface area contributed by atoms with Crippen LogP contribution in [0.25, 0.3) is 0 Å². The fourth-order valence-electron chi connectivity index (χ4n) is 7.82. The molecule has 0 bridgehead atoms. The first-order valence-corrected chi connectivity index (χ1v) is 38.2. The van der Waals surface area contributed by atoms with Gasteiger partial charge in [0.05, 0.1) is 11.9 Å². The summed E-state index contributed by atoms with van der Waals surface area (Å²) >= 11 is -2.03. The van der Waals surface area contributed by atoms with E-state index in [0.29, 0.717) is 12.2 Å². The van der Waals surface area contributed by atoms with Gasteiger partial charge in [-0.15, -0.1) is 0 Å². The van der Waals surface area contributed by atoms with Crippen molar-refractivity contribution in [3.05, 3.63) is 12.2 Å². The first-order valence-electron chi connectivity index (χ1n) is 26.1. The zero-order chi connectivity index (χ0) is 43.4. The predicted octanol–water partition coefficient (Wildman–Crippen LogP) is 16.2. The fourth-order valence-corrected chi connectivity index (χ4v) is 24.9. The van der Waals surface area contributed by atoms with Crippen molar-refractivity contribution in [3.63, 3.8) is 0 Å². The summed E-state index contributed by atoms with van der Waals surface area (Å²) in [7, 11) is 0. The molecule has 0 atom stereocenters. The Hall–Kier alpha value is 0.277. The molecule has 6 heteroatoms. The van der Waals surface area contributed by atoms with Crippen LogP contribution >= 0.6 is 0 Å². The Balaban J connectivity index is -0.000000877. The normalized spacial score (nSPS) is 10.9. The molecular formula is C52H104O4Sn2. The number of unbranched alkanes of at least 4 members (excludes halogenated alkanes) is 30. The maximum Gasteiger partial charge on any atom is 0.0643 e. The topological polar surface area (TPSA) is 80.3 Å². The van der Waals surface area contributed by atoms with E-state index in [0.717, 1.165) is 0 Å². The van der Waals surface area contributed by atoms with Crippen molar-refractivity contribution in [2.75, 3.05) is 0 Å². The summed E-state index contributed by atoms with van der Waals surface area (Å²) in [6.45, 7) is 14.0. The maximum absolute atomic E-state index is 9.41. The van der Waals surface area contributed by atoms with E-state index >= 15 is 0 Å². The molecule has 0 radical (unpaired) electrons. The van der Waals surface area contributed by atoms with Gasteiger partial charge in [-0.2, -0.15) is 0 Å². The van der Waals surface area contributed by atoms with Crippen molar-refractivity contribution < 1.29 is 19.8 Å². The number of hydrogen-bond donors (Lipinski definition) is 0. The molecule has 0 aromatic carbocycles.